The van der Waals surface area contributed by atoms with Gasteiger partial charge in [-0.15, -0.1) is 6.58 Å². The summed E-state index contributed by atoms with van der Waals surface area (Å²) in [7, 11) is 0. The van der Waals surface area contributed by atoms with Crippen molar-refractivity contribution in [3.63, 3.8) is 0 Å². The molecule has 0 fully saturated rings. The highest BCUT2D eigenvalue weighted by atomic mass is 16.3. The minimum Gasteiger partial charge on any atom is -0.392 e. The molecule has 2 atom stereocenters. The minimum atomic E-state index is -0.597. The van der Waals surface area contributed by atoms with Crippen LogP contribution in [0.4, 0.5) is 0 Å². The van der Waals surface area contributed by atoms with Crippen LogP contribution in [0.25, 0.3) is 0 Å². The number of nitrogens with one attached hydrogen (secondary N) is 1. The van der Waals surface area contributed by atoms with E-state index in [0.717, 1.165) is 0 Å². The molecule has 0 bridgehead atoms. The summed E-state index contributed by atoms with van der Waals surface area (Å²) in [4.78, 5) is 11.0. The van der Waals surface area contributed by atoms with Crippen molar-refractivity contribution in [1.82, 2.24) is 5.32 Å². The number of carbonyl (C=O) groups is 1. The third kappa shape index (κ3) is 6.31. The van der Waals surface area contributed by atoms with Gasteiger partial charge in [-0.25, -0.2) is 0 Å². The van der Waals surface area contributed by atoms with Crippen molar-refractivity contribution in [2.45, 2.75) is 31.9 Å². The van der Waals surface area contributed by atoms with Crippen molar-refractivity contribution in [1.29, 1.82) is 0 Å². The highest BCUT2D eigenvalue weighted by molar-refractivity contribution is 5.75. The fourth-order valence-electron chi connectivity index (χ4n) is 0.724. The van der Waals surface area contributed by atoms with Gasteiger partial charge in [0.15, 0.2) is 0 Å². The monoisotopic (exact) mass is 186 g/mol. The molecule has 4 N–H and O–H groups in total. The van der Waals surface area contributed by atoms with Crippen LogP contribution in [0.15, 0.2) is 12.7 Å². The molecular weight excluding hydrogens is 168 g/mol. The van der Waals surface area contributed by atoms with Crippen LogP contribution in [-0.2, 0) is 4.79 Å². The maximum atomic E-state index is 11.0. The number of hydrogen-bond donors (Lipinski definition) is 3. The number of aliphatic hydroxyl groups is 1. The van der Waals surface area contributed by atoms with Gasteiger partial charge in [-0.2, -0.15) is 0 Å². The second-order valence-corrected chi connectivity index (χ2v) is 3.04. The first-order valence-electron chi connectivity index (χ1n) is 4.39. The maximum absolute atomic E-state index is 11.0. The fraction of sp³-hybridized carbons (Fsp3) is 0.667. The molecule has 2 unspecified atom stereocenters. The van der Waals surface area contributed by atoms with E-state index in [1.807, 2.05) is 0 Å². The van der Waals surface area contributed by atoms with E-state index in [2.05, 4.69) is 11.9 Å². The predicted octanol–water partition coefficient (Wildman–Crippen LogP) is -0.223. The zero-order valence-electron chi connectivity index (χ0n) is 7.99. The second-order valence-electron chi connectivity index (χ2n) is 3.04. The van der Waals surface area contributed by atoms with Crippen LogP contribution in [0.1, 0.15) is 19.8 Å². The van der Waals surface area contributed by atoms with Gasteiger partial charge in [-0.1, -0.05) is 6.08 Å². The van der Waals surface area contributed by atoms with E-state index < -0.39 is 12.1 Å². The summed E-state index contributed by atoms with van der Waals surface area (Å²) in [6, 6.07) is -0.396. The molecule has 0 aromatic rings. The second kappa shape index (κ2) is 6.62. The van der Waals surface area contributed by atoms with Crippen LogP contribution < -0.4 is 11.1 Å². The first kappa shape index (κ1) is 12.1. The molecule has 4 nitrogen and oxygen atoms in total. The van der Waals surface area contributed by atoms with Crippen molar-refractivity contribution >= 4 is 5.91 Å². The topological polar surface area (TPSA) is 75.4 Å². The zero-order chi connectivity index (χ0) is 10.3. The molecule has 0 aromatic carbocycles. The Bertz CT molecular complexity index is 169. The van der Waals surface area contributed by atoms with Gasteiger partial charge < -0.3 is 16.2 Å². The van der Waals surface area contributed by atoms with Crippen LogP contribution >= 0.6 is 0 Å². The van der Waals surface area contributed by atoms with Crippen LogP contribution in [0.3, 0.4) is 0 Å². The molecule has 0 rings (SSSR count). The molecule has 1 amide bonds. The summed E-state index contributed by atoms with van der Waals surface area (Å²) in [5, 5.41) is 11.6. The van der Waals surface area contributed by atoms with Crippen LogP contribution in [0.2, 0.25) is 0 Å². The summed E-state index contributed by atoms with van der Waals surface area (Å²) in [6.07, 6.45) is 2.18. The van der Waals surface area contributed by atoms with Crippen LogP contribution in [-0.4, -0.2) is 29.7 Å². The Labute approximate surface area is 78.8 Å². The molecule has 0 spiro atoms. The Morgan fingerprint density at radius 2 is 2.38 bits per heavy atom. The number of nitrogens with two attached hydrogens (primary N) is 1. The summed E-state index contributed by atoms with van der Waals surface area (Å²) in [6.45, 7) is 5.42. The lowest BCUT2D eigenvalue weighted by molar-refractivity contribution is -0.121. The highest BCUT2D eigenvalue weighted by Gasteiger charge is 2.09. The van der Waals surface area contributed by atoms with Crippen LogP contribution in [0, 0.1) is 0 Å². The maximum Gasteiger partial charge on any atom is 0.220 e. The number of allylic oxidation sites excluding steroid dienone is 1. The summed E-state index contributed by atoms with van der Waals surface area (Å²) >= 11 is 0. The third-order valence-electron chi connectivity index (χ3n) is 1.73. The normalized spacial score (nSPS) is 14.7. The number of amides is 1. The molecular formula is C9H18N2O2. The van der Waals surface area contributed by atoms with Crippen molar-refractivity contribution in [2.24, 2.45) is 5.73 Å². The molecule has 0 saturated heterocycles. The van der Waals surface area contributed by atoms with Gasteiger partial charge in [0.05, 0.1) is 6.10 Å². The van der Waals surface area contributed by atoms with Gasteiger partial charge in [0.1, 0.15) is 0 Å². The van der Waals surface area contributed by atoms with Gasteiger partial charge in [0.2, 0.25) is 5.91 Å². The first-order valence-corrected chi connectivity index (χ1v) is 4.39. The summed E-state index contributed by atoms with van der Waals surface area (Å²) in [5.74, 6) is -0.0593. The van der Waals surface area contributed by atoms with Crippen molar-refractivity contribution in [3.05, 3.63) is 12.7 Å². The molecule has 0 aliphatic rings. The van der Waals surface area contributed by atoms with Gasteiger partial charge in [0, 0.05) is 19.0 Å². The predicted molar refractivity (Wildman–Crippen MR) is 52.1 cm³/mol. The molecule has 0 radical (unpaired) electrons. The van der Waals surface area contributed by atoms with Crippen LogP contribution in [0.5, 0.6) is 0 Å². The zero-order valence-corrected chi connectivity index (χ0v) is 7.99. The molecule has 0 saturated carbocycles. The molecule has 76 valence electrons. The molecule has 0 heterocycles. The summed E-state index contributed by atoms with van der Waals surface area (Å²) < 4.78 is 0. The molecule has 13 heavy (non-hydrogen) atoms. The Hall–Kier alpha value is -0.870. The lowest BCUT2D eigenvalue weighted by atomic mass is 10.2. The quantitative estimate of drug-likeness (QED) is 0.502. The minimum absolute atomic E-state index is 0.0593. The van der Waals surface area contributed by atoms with Gasteiger partial charge in [-0.05, 0) is 13.3 Å². The lowest BCUT2D eigenvalue weighted by Crippen LogP contribution is -2.43. The SMILES string of the molecule is C=CCCC(=O)NCC(N)C(C)O. The number of aliphatic hydroxyl groups excluding tert-OH is 1. The lowest BCUT2D eigenvalue weighted by Gasteiger charge is -2.14. The molecule has 0 aliphatic heterocycles. The van der Waals surface area contributed by atoms with Gasteiger partial charge in [0.25, 0.3) is 0 Å². The van der Waals surface area contributed by atoms with Crippen molar-refractivity contribution < 1.29 is 9.90 Å². The average molecular weight is 186 g/mol. The van der Waals surface area contributed by atoms with Crippen molar-refractivity contribution in [3.8, 4) is 0 Å². The Kier molecular flexibility index (Phi) is 6.18. The van der Waals surface area contributed by atoms with E-state index in [1.54, 1.807) is 13.0 Å². The standard InChI is InChI=1S/C9H18N2O2/c1-3-4-5-9(13)11-6-8(10)7(2)12/h3,7-8,12H,1,4-6,10H2,2H3,(H,11,13). The largest absolute Gasteiger partial charge is 0.392 e. The molecule has 0 aliphatic carbocycles. The van der Waals surface area contributed by atoms with E-state index in [4.69, 9.17) is 10.8 Å². The van der Waals surface area contributed by atoms with E-state index in [0.29, 0.717) is 19.4 Å². The molecule has 0 aromatic heterocycles. The average Bonchev–Trinajstić information content (AvgIpc) is 2.10. The fourth-order valence-corrected chi connectivity index (χ4v) is 0.724. The number of carbonyl (C=O) groups excluding carboxylic acids is 1. The van der Waals surface area contributed by atoms with E-state index in [-0.39, 0.29) is 5.91 Å². The van der Waals surface area contributed by atoms with E-state index in [1.165, 1.54) is 0 Å². The van der Waals surface area contributed by atoms with E-state index in [9.17, 15) is 4.79 Å². The first-order chi connectivity index (χ1) is 6.07. The highest BCUT2D eigenvalue weighted by Crippen LogP contribution is 1.90. The molecule has 4 heteroatoms. The Balaban J connectivity index is 3.51. The Morgan fingerprint density at radius 1 is 1.77 bits per heavy atom. The van der Waals surface area contributed by atoms with Crippen molar-refractivity contribution in [2.75, 3.05) is 6.54 Å². The third-order valence-corrected chi connectivity index (χ3v) is 1.73. The Morgan fingerprint density at radius 3 is 2.85 bits per heavy atom. The number of rotatable bonds is 6. The smallest absolute Gasteiger partial charge is 0.220 e. The van der Waals surface area contributed by atoms with E-state index >= 15 is 0 Å². The van der Waals surface area contributed by atoms with Gasteiger partial charge >= 0.3 is 0 Å². The summed E-state index contributed by atoms with van der Waals surface area (Å²) in [5.41, 5.74) is 5.51. The van der Waals surface area contributed by atoms with Gasteiger partial charge in [-0.3, -0.25) is 4.79 Å². The number of hydrogen-bond acceptors (Lipinski definition) is 3.